The lowest BCUT2D eigenvalue weighted by Gasteiger charge is -2.12. The van der Waals surface area contributed by atoms with Gasteiger partial charge in [-0.1, -0.05) is 36.4 Å². The standard InChI is InChI=1S/C17H19NO3/c1-18(2)17(19)13-21-16-10-6-9-15(11-16)20-12-14-7-4-3-5-8-14/h3-11H,12-13H2,1-2H3. The second kappa shape index (κ2) is 7.33. The highest BCUT2D eigenvalue weighted by Crippen LogP contribution is 2.20. The minimum Gasteiger partial charge on any atom is -0.489 e. The van der Waals surface area contributed by atoms with E-state index in [1.807, 2.05) is 42.5 Å². The van der Waals surface area contributed by atoms with Gasteiger partial charge < -0.3 is 14.4 Å². The van der Waals surface area contributed by atoms with Gasteiger partial charge in [0.2, 0.25) is 0 Å². The van der Waals surface area contributed by atoms with E-state index in [2.05, 4.69) is 0 Å². The molecule has 0 aromatic heterocycles. The van der Waals surface area contributed by atoms with Gasteiger partial charge in [-0.05, 0) is 17.7 Å². The summed E-state index contributed by atoms with van der Waals surface area (Å²) in [5.74, 6) is 1.26. The van der Waals surface area contributed by atoms with Gasteiger partial charge in [-0.25, -0.2) is 0 Å². The summed E-state index contributed by atoms with van der Waals surface area (Å²) in [6.45, 7) is 0.524. The SMILES string of the molecule is CN(C)C(=O)COc1cccc(OCc2ccccc2)c1. The van der Waals surface area contributed by atoms with Gasteiger partial charge in [-0.15, -0.1) is 0 Å². The number of rotatable bonds is 6. The van der Waals surface area contributed by atoms with Crippen LogP contribution < -0.4 is 9.47 Å². The second-order valence-electron chi connectivity index (χ2n) is 4.83. The largest absolute Gasteiger partial charge is 0.489 e. The number of likely N-dealkylation sites (N-methyl/N-ethyl adjacent to an activating group) is 1. The summed E-state index contributed by atoms with van der Waals surface area (Å²) in [7, 11) is 3.40. The van der Waals surface area contributed by atoms with Gasteiger partial charge in [0.05, 0.1) is 0 Å². The van der Waals surface area contributed by atoms with Crippen LogP contribution >= 0.6 is 0 Å². The first-order valence-corrected chi connectivity index (χ1v) is 6.75. The zero-order chi connectivity index (χ0) is 15.1. The Kier molecular flexibility index (Phi) is 5.21. The number of hydrogen-bond acceptors (Lipinski definition) is 3. The summed E-state index contributed by atoms with van der Waals surface area (Å²) in [6.07, 6.45) is 0. The summed E-state index contributed by atoms with van der Waals surface area (Å²) >= 11 is 0. The number of carbonyl (C=O) groups is 1. The van der Waals surface area contributed by atoms with E-state index < -0.39 is 0 Å². The molecule has 110 valence electrons. The predicted molar refractivity (Wildman–Crippen MR) is 81.4 cm³/mol. The van der Waals surface area contributed by atoms with Crippen molar-refractivity contribution in [3.8, 4) is 11.5 Å². The number of hydrogen-bond donors (Lipinski definition) is 0. The molecule has 1 amide bonds. The molecule has 2 rings (SSSR count). The molecule has 0 radical (unpaired) electrons. The first-order valence-electron chi connectivity index (χ1n) is 6.75. The summed E-state index contributed by atoms with van der Waals surface area (Å²) in [5.41, 5.74) is 1.10. The van der Waals surface area contributed by atoms with Crippen molar-refractivity contribution in [2.24, 2.45) is 0 Å². The van der Waals surface area contributed by atoms with Crippen LogP contribution in [0.15, 0.2) is 54.6 Å². The Hall–Kier alpha value is -2.49. The van der Waals surface area contributed by atoms with E-state index in [0.29, 0.717) is 18.1 Å². The summed E-state index contributed by atoms with van der Waals surface area (Å²) in [5, 5.41) is 0. The molecule has 21 heavy (non-hydrogen) atoms. The van der Waals surface area contributed by atoms with Gasteiger partial charge in [-0.3, -0.25) is 4.79 Å². The third-order valence-corrected chi connectivity index (χ3v) is 2.91. The maximum Gasteiger partial charge on any atom is 0.259 e. The Labute approximate surface area is 124 Å². The maximum absolute atomic E-state index is 11.5. The Balaban J connectivity index is 1.90. The van der Waals surface area contributed by atoms with Crippen molar-refractivity contribution in [3.05, 3.63) is 60.2 Å². The predicted octanol–water partition coefficient (Wildman–Crippen LogP) is 2.73. The smallest absolute Gasteiger partial charge is 0.259 e. The van der Waals surface area contributed by atoms with E-state index >= 15 is 0 Å². The molecule has 4 nitrogen and oxygen atoms in total. The Morgan fingerprint density at radius 2 is 1.62 bits per heavy atom. The maximum atomic E-state index is 11.5. The highest BCUT2D eigenvalue weighted by molar-refractivity contribution is 5.77. The molecule has 0 aliphatic carbocycles. The van der Waals surface area contributed by atoms with Gasteiger partial charge in [0.1, 0.15) is 18.1 Å². The number of amides is 1. The highest BCUT2D eigenvalue weighted by Gasteiger charge is 2.05. The van der Waals surface area contributed by atoms with E-state index in [9.17, 15) is 4.79 Å². The minimum absolute atomic E-state index is 0.0230. The zero-order valence-electron chi connectivity index (χ0n) is 12.3. The molecular formula is C17H19NO3. The van der Waals surface area contributed by atoms with E-state index in [1.165, 1.54) is 4.90 Å². The molecule has 0 unspecified atom stereocenters. The van der Waals surface area contributed by atoms with E-state index in [-0.39, 0.29) is 12.5 Å². The van der Waals surface area contributed by atoms with Crippen LogP contribution in [0, 0.1) is 0 Å². The molecule has 0 bridgehead atoms. The highest BCUT2D eigenvalue weighted by atomic mass is 16.5. The lowest BCUT2D eigenvalue weighted by molar-refractivity contribution is -0.130. The van der Waals surface area contributed by atoms with Crippen molar-refractivity contribution in [2.45, 2.75) is 6.61 Å². The Morgan fingerprint density at radius 1 is 0.952 bits per heavy atom. The fourth-order valence-corrected chi connectivity index (χ4v) is 1.67. The molecule has 0 atom stereocenters. The quantitative estimate of drug-likeness (QED) is 0.819. The first-order chi connectivity index (χ1) is 10.1. The fourth-order valence-electron chi connectivity index (χ4n) is 1.67. The Morgan fingerprint density at radius 3 is 2.29 bits per heavy atom. The van der Waals surface area contributed by atoms with E-state index in [4.69, 9.17) is 9.47 Å². The van der Waals surface area contributed by atoms with Crippen molar-refractivity contribution in [1.29, 1.82) is 0 Å². The van der Waals surface area contributed by atoms with Crippen LogP contribution in [0.2, 0.25) is 0 Å². The molecule has 2 aromatic rings. The normalized spacial score (nSPS) is 10.0. The van der Waals surface area contributed by atoms with E-state index in [0.717, 1.165) is 5.56 Å². The van der Waals surface area contributed by atoms with Crippen molar-refractivity contribution in [1.82, 2.24) is 4.90 Å². The van der Waals surface area contributed by atoms with Gasteiger partial charge in [0, 0.05) is 20.2 Å². The molecule has 0 fully saturated rings. The van der Waals surface area contributed by atoms with Crippen LogP contribution in [-0.2, 0) is 11.4 Å². The molecular weight excluding hydrogens is 266 g/mol. The van der Waals surface area contributed by atoms with Crippen LogP contribution in [0.4, 0.5) is 0 Å². The molecule has 2 aromatic carbocycles. The van der Waals surface area contributed by atoms with Crippen LogP contribution in [0.1, 0.15) is 5.56 Å². The summed E-state index contributed by atoms with van der Waals surface area (Å²) in [4.78, 5) is 13.0. The first kappa shape index (κ1) is 14.9. The molecule has 0 saturated carbocycles. The van der Waals surface area contributed by atoms with Crippen LogP contribution in [-0.4, -0.2) is 31.5 Å². The van der Waals surface area contributed by atoms with Gasteiger partial charge >= 0.3 is 0 Å². The van der Waals surface area contributed by atoms with Gasteiger partial charge in [0.15, 0.2) is 6.61 Å². The summed E-state index contributed by atoms with van der Waals surface area (Å²) in [6, 6.07) is 17.2. The minimum atomic E-state index is -0.0781. The average molecular weight is 285 g/mol. The number of ether oxygens (including phenoxy) is 2. The van der Waals surface area contributed by atoms with Crippen molar-refractivity contribution in [2.75, 3.05) is 20.7 Å². The number of carbonyl (C=O) groups excluding carboxylic acids is 1. The van der Waals surface area contributed by atoms with Crippen molar-refractivity contribution in [3.63, 3.8) is 0 Å². The van der Waals surface area contributed by atoms with Gasteiger partial charge in [0.25, 0.3) is 5.91 Å². The molecule has 0 spiro atoms. The van der Waals surface area contributed by atoms with Crippen LogP contribution in [0.3, 0.4) is 0 Å². The molecule has 4 heteroatoms. The number of nitrogens with zero attached hydrogens (tertiary/aromatic N) is 1. The molecule has 0 aliphatic heterocycles. The summed E-state index contributed by atoms with van der Waals surface area (Å²) < 4.78 is 11.2. The monoisotopic (exact) mass is 285 g/mol. The number of benzene rings is 2. The molecule has 0 aliphatic rings. The zero-order valence-corrected chi connectivity index (χ0v) is 12.3. The third kappa shape index (κ3) is 4.84. The fraction of sp³-hybridized carbons (Fsp3) is 0.235. The van der Waals surface area contributed by atoms with E-state index in [1.54, 1.807) is 26.2 Å². The lowest BCUT2D eigenvalue weighted by atomic mass is 10.2. The van der Waals surface area contributed by atoms with Gasteiger partial charge in [-0.2, -0.15) is 0 Å². The average Bonchev–Trinajstić information content (AvgIpc) is 2.52. The van der Waals surface area contributed by atoms with Crippen molar-refractivity contribution >= 4 is 5.91 Å². The topological polar surface area (TPSA) is 38.8 Å². The Bertz CT molecular complexity index is 582. The third-order valence-electron chi connectivity index (χ3n) is 2.91. The molecule has 0 saturated heterocycles. The van der Waals surface area contributed by atoms with Crippen LogP contribution in [0.5, 0.6) is 11.5 Å². The molecule has 0 heterocycles. The lowest BCUT2D eigenvalue weighted by Crippen LogP contribution is -2.27. The van der Waals surface area contributed by atoms with Crippen LogP contribution in [0.25, 0.3) is 0 Å². The molecule has 0 N–H and O–H groups in total. The second-order valence-corrected chi connectivity index (χ2v) is 4.83. The van der Waals surface area contributed by atoms with Crippen molar-refractivity contribution < 1.29 is 14.3 Å².